The maximum absolute atomic E-state index is 11.9. The van der Waals surface area contributed by atoms with Gasteiger partial charge in [-0.05, 0) is 56.2 Å². The van der Waals surface area contributed by atoms with E-state index in [2.05, 4.69) is 9.55 Å². The van der Waals surface area contributed by atoms with Crippen molar-refractivity contribution in [1.29, 1.82) is 0 Å². The van der Waals surface area contributed by atoms with E-state index in [-0.39, 0.29) is 5.75 Å². The standard InChI is InChI=1S/C23H22N4O2S/c1-14-3-6-17(12-25-14)23-26-20(13-30-23)21-11-19(22(24)29)15(2)27(21)10-9-16-4-7-18(28)8-5-16/h3-8,11-13,28H,9-10H2,1-2H3,(H2,24,29). The van der Waals surface area contributed by atoms with Crippen molar-refractivity contribution >= 4 is 17.2 Å². The van der Waals surface area contributed by atoms with Gasteiger partial charge in [-0.2, -0.15) is 0 Å². The van der Waals surface area contributed by atoms with Crippen molar-refractivity contribution in [3.05, 3.63) is 76.6 Å². The molecule has 4 rings (SSSR count). The second kappa shape index (κ2) is 8.12. The number of thiazole rings is 1. The van der Waals surface area contributed by atoms with Crippen LogP contribution in [0.5, 0.6) is 5.75 Å². The van der Waals surface area contributed by atoms with Crippen LogP contribution in [0.3, 0.4) is 0 Å². The van der Waals surface area contributed by atoms with Crippen molar-refractivity contribution in [2.45, 2.75) is 26.8 Å². The predicted octanol–water partition coefficient (Wildman–Crippen LogP) is 4.34. The number of aromatic nitrogens is 3. The lowest BCUT2D eigenvalue weighted by Crippen LogP contribution is -2.13. The van der Waals surface area contributed by atoms with Crippen LogP contribution < -0.4 is 5.73 Å². The highest BCUT2D eigenvalue weighted by Gasteiger charge is 2.19. The van der Waals surface area contributed by atoms with Crippen molar-refractivity contribution in [3.8, 4) is 27.7 Å². The van der Waals surface area contributed by atoms with Crippen LogP contribution in [0.2, 0.25) is 0 Å². The molecule has 3 N–H and O–H groups in total. The van der Waals surface area contributed by atoms with E-state index in [1.807, 2.05) is 55.8 Å². The molecule has 0 bridgehead atoms. The summed E-state index contributed by atoms with van der Waals surface area (Å²) in [6, 6.07) is 12.9. The summed E-state index contributed by atoms with van der Waals surface area (Å²) in [5, 5.41) is 12.4. The van der Waals surface area contributed by atoms with Crippen molar-refractivity contribution in [3.63, 3.8) is 0 Å². The molecule has 0 saturated heterocycles. The first kappa shape index (κ1) is 19.8. The Labute approximate surface area is 178 Å². The number of pyridine rings is 1. The minimum Gasteiger partial charge on any atom is -0.508 e. The maximum atomic E-state index is 11.9. The summed E-state index contributed by atoms with van der Waals surface area (Å²) in [4.78, 5) is 21.1. The zero-order valence-electron chi connectivity index (χ0n) is 16.8. The molecule has 1 amide bonds. The molecule has 4 aromatic rings. The highest BCUT2D eigenvalue weighted by Crippen LogP contribution is 2.31. The van der Waals surface area contributed by atoms with Crippen molar-refractivity contribution < 1.29 is 9.90 Å². The van der Waals surface area contributed by atoms with Gasteiger partial charge in [-0.3, -0.25) is 9.78 Å². The van der Waals surface area contributed by atoms with Gasteiger partial charge in [-0.15, -0.1) is 11.3 Å². The summed E-state index contributed by atoms with van der Waals surface area (Å²) in [7, 11) is 0. The number of amides is 1. The van der Waals surface area contributed by atoms with Gasteiger partial charge in [0.2, 0.25) is 0 Å². The normalized spacial score (nSPS) is 11.0. The zero-order chi connectivity index (χ0) is 21.3. The number of hydrogen-bond acceptors (Lipinski definition) is 5. The Hall–Kier alpha value is -3.45. The van der Waals surface area contributed by atoms with E-state index in [9.17, 15) is 9.90 Å². The van der Waals surface area contributed by atoms with E-state index in [1.165, 1.54) is 0 Å². The Morgan fingerprint density at radius 1 is 1.17 bits per heavy atom. The monoisotopic (exact) mass is 418 g/mol. The molecule has 0 atom stereocenters. The average Bonchev–Trinajstić information content (AvgIpc) is 3.33. The summed E-state index contributed by atoms with van der Waals surface area (Å²) in [6.07, 6.45) is 2.57. The summed E-state index contributed by atoms with van der Waals surface area (Å²) >= 11 is 1.54. The van der Waals surface area contributed by atoms with Crippen LogP contribution in [0, 0.1) is 13.8 Å². The number of aryl methyl sites for hydroxylation is 2. The van der Waals surface area contributed by atoms with Crippen molar-refractivity contribution in [2.24, 2.45) is 5.73 Å². The number of benzene rings is 1. The lowest BCUT2D eigenvalue weighted by Gasteiger charge is -2.11. The first-order valence-corrected chi connectivity index (χ1v) is 10.5. The third kappa shape index (κ3) is 3.97. The minimum atomic E-state index is -0.449. The first-order chi connectivity index (χ1) is 14.4. The van der Waals surface area contributed by atoms with Gasteiger partial charge >= 0.3 is 0 Å². The van der Waals surface area contributed by atoms with Gasteiger partial charge in [-0.1, -0.05) is 12.1 Å². The molecule has 0 aliphatic rings. The van der Waals surface area contributed by atoms with Crippen LogP contribution >= 0.6 is 11.3 Å². The molecule has 0 fully saturated rings. The summed E-state index contributed by atoms with van der Waals surface area (Å²) < 4.78 is 2.08. The predicted molar refractivity (Wildman–Crippen MR) is 119 cm³/mol. The molecule has 0 spiro atoms. The lowest BCUT2D eigenvalue weighted by atomic mass is 10.1. The van der Waals surface area contributed by atoms with E-state index < -0.39 is 5.91 Å². The Balaban J connectivity index is 1.68. The van der Waals surface area contributed by atoms with Crippen LogP contribution in [0.25, 0.3) is 22.0 Å². The molecule has 1 aromatic carbocycles. The SMILES string of the molecule is Cc1ccc(-c2nc(-c3cc(C(N)=O)c(C)n3CCc3ccc(O)cc3)cs2)cn1. The largest absolute Gasteiger partial charge is 0.508 e. The minimum absolute atomic E-state index is 0.244. The Bertz CT molecular complexity index is 1190. The van der Waals surface area contributed by atoms with Gasteiger partial charge in [-0.25, -0.2) is 4.98 Å². The van der Waals surface area contributed by atoms with Gasteiger partial charge in [0.1, 0.15) is 10.8 Å². The number of carbonyl (C=O) groups excluding carboxylic acids is 1. The van der Waals surface area contributed by atoms with Crippen LogP contribution in [0.1, 0.15) is 27.3 Å². The molecular formula is C23H22N4O2S. The molecule has 0 radical (unpaired) electrons. The average molecular weight is 419 g/mol. The van der Waals surface area contributed by atoms with Crippen molar-refractivity contribution in [2.75, 3.05) is 0 Å². The first-order valence-electron chi connectivity index (χ1n) is 9.59. The number of phenols is 1. The number of aromatic hydroxyl groups is 1. The Morgan fingerprint density at radius 3 is 2.60 bits per heavy atom. The molecule has 3 heterocycles. The van der Waals surface area contributed by atoms with Crippen LogP contribution in [0.15, 0.2) is 54.0 Å². The smallest absolute Gasteiger partial charge is 0.250 e. The third-order valence-electron chi connectivity index (χ3n) is 5.12. The number of carbonyl (C=O) groups is 1. The van der Waals surface area contributed by atoms with Crippen LogP contribution in [-0.4, -0.2) is 25.5 Å². The molecule has 152 valence electrons. The number of hydrogen-bond donors (Lipinski definition) is 2. The molecule has 0 unspecified atom stereocenters. The summed E-state index contributed by atoms with van der Waals surface area (Å²) in [5.74, 6) is -0.205. The lowest BCUT2D eigenvalue weighted by molar-refractivity contribution is 0.0999. The third-order valence-corrected chi connectivity index (χ3v) is 6.01. The van der Waals surface area contributed by atoms with Gasteiger partial charge in [0, 0.05) is 35.1 Å². The van der Waals surface area contributed by atoms with E-state index >= 15 is 0 Å². The zero-order valence-corrected chi connectivity index (χ0v) is 17.6. The fourth-order valence-electron chi connectivity index (χ4n) is 3.42. The molecular weight excluding hydrogens is 396 g/mol. The Kier molecular flexibility index (Phi) is 5.37. The number of primary amides is 1. The maximum Gasteiger partial charge on any atom is 0.250 e. The number of nitrogens with zero attached hydrogens (tertiary/aromatic N) is 3. The molecule has 0 aliphatic carbocycles. The van der Waals surface area contributed by atoms with E-state index in [0.29, 0.717) is 12.1 Å². The van der Waals surface area contributed by atoms with Crippen LogP contribution in [-0.2, 0) is 13.0 Å². The molecule has 30 heavy (non-hydrogen) atoms. The second-order valence-corrected chi connectivity index (χ2v) is 8.05. The second-order valence-electron chi connectivity index (χ2n) is 7.19. The fourth-order valence-corrected chi connectivity index (χ4v) is 4.22. The van der Waals surface area contributed by atoms with E-state index in [0.717, 1.165) is 45.3 Å². The molecule has 7 heteroatoms. The Morgan fingerprint density at radius 2 is 1.93 bits per heavy atom. The van der Waals surface area contributed by atoms with Gasteiger partial charge in [0.15, 0.2) is 0 Å². The molecule has 0 aliphatic heterocycles. The van der Waals surface area contributed by atoms with Crippen LogP contribution in [0.4, 0.5) is 0 Å². The molecule has 6 nitrogen and oxygen atoms in total. The highest BCUT2D eigenvalue weighted by atomic mass is 32.1. The van der Waals surface area contributed by atoms with Gasteiger partial charge < -0.3 is 15.4 Å². The van der Waals surface area contributed by atoms with E-state index in [1.54, 1.807) is 23.5 Å². The van der Waals surface area contributed by atoms with Crippen molar-refractivity contribution in [1.82, 2.24) is 14.5 Å². The van der Waals surface area contributed by atoms with Gasteiger partial charge in [0.25, 0.3) is 5.91 Å². The molecule has 0 saturated carbocycles. The summed E-state index contributed by atoms with van der Waals surface area (Å²) in [6.45, 7) is 4.52. The number of phenolic OH excluding ortho intramolecular Hbond substituents is 1. The van der Waals surface area contributed by atoms with Gasteiger partial charge in [0.05, 0.1) is 17.0 Å². The molecule has 3 aromatic heterocycles. The quantitative estimate of drug-likeness (QED) is 0.487. The number of rotatable bonds is 6. The summed E-state index contributed by atoms with van der Waals surface area (Å²) in [5.41, 5.74) is 11.6. The van der Waals surface area contributed by atoms with E-state index in [4.69, 9.17) is 10.7 Å². The number of nitrogens with two attached hydrogens (primary N) is 1. The topological polar surface area (TPSA) is 94.0 Å². The fraction of sp³-hybridized carbons (Fsp3) is 0.174. The highest BCUT2D eigenvalue weighted by molar-refractivity contribution is 7.13.